The maximum Gasteiger partial charge on any atom is 0.127 e. The van der Waals surface area contributed by atoms with Gasteiger partial charge in [-0.05, 0) is 61.9 Å². The van der Waals surface area contributed by atoms with Crippen LogP contribution in [0.2, 0.25) is 0 Å². The third-order valence-corrected chi connectivity index (χ3v) is 3.68. The van der Waals surface area contributed by atoms with Gasteiger partial charge in [0.25, 0.3) is 0 Å². The van der Waals surface area contributed by atoms with E-state index in [0.29, 0.717) is 11.8 Å². The van der Waals surface area contributed by atoms with Crippen LogP contribution in [0.15, 0.2) is 22.7 Å². The fourth-order valence-corrected chi connectivity index (χ4v) is 2.72. The highest BCUT2D eigenvalue weighted by Crippen LogP contribution is 2.21. The number of benzene rings is 1. The lowest BCUT2D eigenvalue weighted by atomic mass is 9.90. The summed E-state index contributed by atoms with van der Waals surface area (Å²) in [5.41, 5.74) is 0.826. The minimum atomic E-state index is -0.0985. The van der Waals surface area contributed by atoms with Gasteiger partial charge in [-0.15, -0.1) is 0 Å². The summed E-state index contributed by atoms with van der Waals surface area (Å²) in [4.78, 5) is 0. The third kappa shape index (κ3) is 6.53. The SMILES string of the molecule is CCCNCC(Cc1ccc(Br)cc1F)CC(C)C. The average molecular weight is 330 g/mol. The van der Waals surface area contributed by atoms with Crippen LogP contribution < -0.4 is 5.32 Å². The van der Waals surface area contributed by atoms with Crippen LogP contribution in [0.3, 0.4) is 0 Å². The van der Waals surface area contributed by atoms with Crippen molar-refractivity contribution in [2.24, 2.45) is 11.8 Å². The van der Waals surface area contributed by atoms with Crippen molar-refractivity contribution in [1.82, 2.24) is 5.32 Å². The second kappa shape index (κ2) is 8.70. The predicted octanol–water partition coefficient (Wildman–Crippen LogP) is 4.79. The van der Waals surface area contributed by atoms with Crippen molar-refractivity contribution in [3.63, 3.8) is 0 Å². The van der Waals surface area contributed by atoms with Crippen LogP contribution in [0.4, 0.5) is 4.39 Å². The van der Waals surface area contributed by atoms with E-state index in [-0.39, 0.29) is 5.82 Å². The van der Waals surface area contributed by atoms with Gasteiger partial charge in [-0.3, -0.25) is 0 Å². The molecule has 1 rings (SSSR count). The first-order chi connectivity index (χ1) is 9.02. The molecule has 0 bridgehead atoms. The molecule has 0 amide bonds. The molecule has 0 aliphatic rings. The van der Waals surface area contributed by atoms with Crippen LogP contribution in [-0.2, 0) is 6.42 Å². The Morgan fingerprint density at radius 3 is 2.63 bits per heavy atom. The maximum absolute atomic E-state index is 13.9. The third-order valence-electron chi connectivity index (χ3n) is 3.19. The zero-order valence-corrected chi connectivity index (χ0v) is 13.8. The molecule has 1 N–H and O–H groups in total. The van der Waals surface area contributed by atoms with E-state index in [1.165, 1.54) is 0 Å². The molecule has 0 fully saturated rings. The topological polar surface area (TPSA) is 12.0 Å². The van der Waals surface area contributed by atoms with Crippen molar-refractivity contribution >= 4 is 15.9 Å². The van der Waals surface area contributed by atoms with Crippen molar-refractivity contribution in [3.8, 4) is 0 Å². The van der Waals surface area contributed by atoms with E-state index in [2.05, 4.69) is 42.0 Å². The Bertz CT molecular complexity index is 379. The Kier molecular flexibility index (Phi) is 7.62. The molecule has 1 aromatic rings. The van der Waals surface area contributed by atoms with Gasteiger partial charge < -0.3 is 5.32 Å². The molecule has 1 aromatic carbocycles. The molecule has 19 heavy (non-hydrogen) atoms. The molecule has 0 aliphatic heterocycles. The van der Waals surface area contributed by atoms with Gasteiger partial charge in [0.15, 0.2) is 0 Å². The molecule has 1 unspecified atom stereocenters. The average Bonchev–Trinajstić information content (AvgIpc) is 2.32. The molecule has 0 spiro atoms. The Morgan fingerprint density at radius 1 is 1.32 bits per heavy atom. The number of hydrogen-bond acceptors (Lipinski definition) is 1. The van der Waals surface area contributed by atoms with E-state index in [9.17, 15) is 4.39 Å². The summed E-state index contributed by atoms with van der Waals surface area (Å²) in [6.45, 7) is 8.63. The molecule has 0 saturated carbocycles. The van der Waals surface area contributed by atoms with Gasteiger partial charge in [0, 0.05) is 4.47 Å². The maximum atomic E-state index is 13.9. The highest BCUT2D eigenvalue weighted by molar-refractivity contribution is 9.10. The first-order valence-electron chi connectivity index (χ1n) is 7.17. The van der Waals surface area contributed by atoms with E-state index in [0.717, 1.165) is 42.4 Å². The standard InChI is InChI=1S/C16H25BrFN/c1-4-7-19-11-13(8-12(2)3)9-14-5-6-15(17)10-16(14)18/h5-6,10,12-13,19H,4,7-9,11H2,1-3H3. The molecule has 0 aromatic heterocycles. The molecule has 108 valence electrons. The smallest absolute Gasteiger partial charge is 0.127 e. The Morgan fingerprint density at radius 2 is 2.05 bits per heavy atom. The van der Waals surface area contributed by atoms with E-state index in [4.69, 9.17) is 0 Å². The Labute approximate surface area is 125 Å². The fourth-order valence-electron chi connectivity index (χ4n) is 2.39. The van der Waals surface area contributed by atoms with Crippen molar-refractivity contribution in [2.75, 3.05) is 13.1 Å². The summed E-state index contributed by atoms with van der Waals surface area (Å²) in [7, 11) is 0. The van der Waals surface area contributed by atoms with E-state index < -0.39 is 0 Å². The number of nitrogens with one attached hydrogen (secondary N) is 1. The lowest BCUT2D eigenvalue weighted by molar-refractivity contribution is 0.381. The Balaban J connectivity index is 2.64. The number of rotatable bonds is 8. The summed E-state index contributed by atoms with van der Waals surface area (Å²) in [6.07, 6.45) is 3.08. The van der Waals surface area contributed by atoms with Crippen molar-refractivity contribution in [1.29, 1.82) is 0 Å². The second-order valence-corrected chi connectivity index (χ2v) is 6.56. The molecule has 0 radical (unpaired) electrons. The van der Waals surface area contributed by atoms with Gasteiger partial charge in [0.2, 0.25) is 0 Å². The normalized spacial score (nSPS) is 12.9. The lowest BCUT2D eigenvalue weighted by Crippen LogP contribution is -2.26. The molecular formula is C16H25BrFN. The van der Waals surface area contributed by atoms with Crippen LogP contribution in [0.5, 0.6) is 0 Å². The van der Waals surface area contributed by atoms with E-state index in [1.807, 2.05) is 12.1 Å². The van der Waals surface area contributed by atoms with E-state index in [1.54, 1.807) is 6.07 Å². The summed E-state index contributed by atoms with van der Waals surface area (Å²) >= 11 is 3.30. The van der Waals surface area contributed by atoms with Crippen molar-refractivity contribution < 1.29 is 4.39 Å². The second-order valence-electron chi connectivity index (χ2n) is 5.64. The van der Waals surface area contributed by atoms with Gasteiger partial charge in [-0.1, -0.05) is 42.8 Å². The molecule has 3 heteroatoms. The Hall–Kier alpha value is -0.410. The summed E-state index contributed by atoms with van der Waals surface area (Å²) in [6, 6.07) is 5.37. The molecule has 0 aliphatic carbocycles. The van der Waals surface area contributed by atoms with Gasteiger partial charge in [0.05, 0.1) is 0 Å². The molecule has 1 nitrogen and oxygen atoms in total. The first kappa shape index (κ1) is 16.6. The summed E-state index contributed by atoms with van der Waals surface area (Å²) < 4.78 is 14.7. The zero-order chi connectivity index (χ0) is 14.3. The fraction of sp³-hybridized carbons (Fsp3) is 0.625. The highest BCUT2D eigenvalue weighted by atomic mass is 79.9. The predicted molar refractivity (Wildman–Crippen MR) is 83.9 cm³/mol. The van der Waals surface area contributed by atoms with Crippen LogP contribution in [0, 0.1) is 17.7 Å². The largest absolute Gasteiger partial charge is 0.316 e. The van der Waals surface area contributed by atoms with E-state index >= 15 is 0 Å². The first-order valence-corrected chi connectivity index (χ1v) is 7.96. The summed E-state index contributed by atoms with van der Waals surface area (Å²) in [5.74, 6) is 1.05. The van der Waals surface area contributed by atoms with Crippen LogP contribution in [-0.4, -0.2) is 13.1 Å². The van der Waals surface area contributed by atoms with Gasteiger partial charge in [-0.25, -0.2) is 4.39 Å². The number of halogens is 2. The van der Waals surface area contributed by atoms with Gasteiger partial charge >= 0.3 is 0 Å². The van der Waals surface area contributed by atoms with Crippen LogP contribution in [0.1, 0.15) is 39.2 Å². The van der Waals surface area contributed by atoms with Crippen molar-refractivity contribution in [3.05, 3.63) is 34.1 Å². The minimum Gasteiger partial charge on any atom is -0.316 e. The summed E-state index contributed by atoms with van der Waals surface area (Å²) in [5, 5.41) is 3.46. The molecule has 0 heterocycles. The highest BCUT2D eigenvalue weighted by Gasteiger charge is 2.14. The van der Waals surface area contributed by atoms with Crippen molar-refractivity contribution in [2.45, 2.75) is 40.0 Å². The van der Waals surface area contributed by atoms with Crippen LogP contribution in [0.25, 0.3) is 0 Å². The molecule has 0 saturated heterocycles. The lowest BCUT2D eigenvalue weighted by Gasteiger charge is -2.20. The zero-order valence-electron chi connectivity index (χ0n) is 12.2. The van der Waals surface area contributed by atoms with Gasteiger partial charge in [-0.2, -0.15) is 0 Å². The quantitative estimate of drug-likeness (QED) is 0.676. The van der Waals surface area contributed by atoms with Crippen LogP contribution >= 0.6 is 15.9 Å². The number of hydrogen-bond donors (Lipinski definition) is 1. The molecular weight excluding hydrogens is 305 g/mol. The molecule has 1 atom stereocenters. The minimum absolute atomic E-state index is 0.0985. The monoisotopic (exact) mass is 329 g/mol. The van der Waals surface area contributed by atoms with Gasteiger partial charge in [0.1, 0.15) is 5.82 Å².